The first-order chi connectivity index (χ1) is 13.1. The van der Waals surface area contributed by atoms with Gasteiger partial charge in [-0.25, -0.2) is 17.2 Å². The van der Waals surface area contributed by atoms with Gasteiger partial charge >= 0.3 is 0 Å². The zero-order valence-corrected chi connectivity index (χ0v) is 16.4. The number of pyridine rings is 1. The molecule has 1 aliphatic carbocycles. The Kier molecular flexibility index (Phi) is 5.05. The van der Waals surface area contributed by atoms with Crippen molar-refractivity contribution in [3.63, 3.8) is 0 Å². The number of allylic oxidation sites excluding steroid dienone is 1. The first-order valence-electron chi connectivity index (χ1n) is 8.66. The van der Waals surface area contributed by atoms with E-state index in [1.165, 1.54) is 23.7 Å². The first kappa shape index (κ1) is 20.1. The van der Waals surface area contributed by atoms with Crippen molar-refractivity contribution >= 4 is 27.2 Å². The smallest absolute Gasteiger partial charge is 0.254 e. The van der Waals surface area contributed by atoms with Crippen molar-refractivity contribution < 1.29 is 17.2 Å². The molecule has 6 nitrogen and oxygen atoms in total. The molecule has 0 unspecified atom stereocenters. The molecule has 0 saturated heterocycles. The number of rotatable bonds is 7. The van der Waals surface area contributed by atoms with Crippen molar-refractivity contribution in [1.82, 2.24) is 4.57 Å². The maximum atomic E-state index is 14.1. The lowest BCUT2D eigenvalue weighted by Crippen LogP contribution is -2.31. The Morgan fingerprint density at radius 1 is 1.25 bits per heavy atom. The molecule has 0 radical (unpaired) electrons. The maximum Gasteiger partial charge on any atom is 0.254 e. The first-order valence-corrected chi connectivity index (χ1v) is 10.1. The van der Waals surface area contributed by atoms with E-state index in [4.69, 9.17) is 0 Å². The Morgan fingerprint density at radius 2 is 1.93 bits per heavy atom. The second-order valence-electron chi connectivity index (χ2n) is 6.98. The van der Waals surface area contributed by atoms with Crippen LogP contribution in [0.15, 0.2) is 41.7 Å². The van der Waals surface area contributed by atoms with Gasteiger partial charge in [-0.05, 0) is 44.4 Å². The summed E-state index contributed by atoms with van der Waals surface area (Å²) in [5.74, 6) is -1.56. The molecule has 0 spiro atoms. The van der Waals surface area contributed by atoms with Gasteiger partial charge in [0.15, 0.2) is 0 Å². The van der Waals surface area contributed by atoms with E-state index in [0.29, 0.717) is 30.9 Å². The molecule has 2 aromatic rings. The molecule has 1 saturated carbocycles. The van der Waals surface area contributed by atoms with Crippen molar-refractivity contribution in [2.45, 2.75) is 30.9 Å². The van der Waals surface area contributed by atoms with E-state index < -0.39 is 26.4 Å². The van der Waals surface area contributed by atoms with Crippen LogP contribution in [0.25, 0.3) is 0 Å². The van der Waals surface area contributed by atoms with Crippen LogP contribution < -0.4 is 15.6 Å². The van der Waals surface area contributed by atoms with Crippen LogP contribution in [-0.2, 0) is 17.1 Å². The van der Waals surface area contributed by atoms with Gasteiger partial charge in [-0.3, -0.25) is 14.1 Å². The van der Waals surface area contributed by atoms with Crippen LogP contribution in [0.3, 0.4) is 0 Å². The molecule has 150 valence electrons. The van der Waals surface area contributed by atoms with Crippen LogP contribution >= 0.6 is 0 Å². The summed E-state index contributed by atoms with van der Waals surface area (Å²) in [6.45, 7) is 5.17. The molecule has 2 N–H and O–H groups in total. The third-order valence-electron chi connectivity index (χ3n) is 4.92. The summed E-state index contributed by atoms with van der Waals surface area (Å²) in [7, 11) is -2.33. The number of hydrogen-bond donors (Lipinski definition) is 2. The summed E-state index contributed by atoms with van der Waals surface area (Å²) in [5, 5.41) is 2.70. The van der Waals surface area contributed by atoms with Gasteiger partial charge in [-0.15, -0.1) is 6.58 Å². The third kappa shape index (κ3) is 3.54. The highest BCUT2D eigenvalue weighted by Gasteiger charge is 2.53. The number of anilines is 3. The predicted octanol–water partition coefficient (Wildman–Crippen LogP) is 3.57. The molecule has 1 aliphatic rings. The zero-order valence-electron chi connectivity index (χ0n) is 15.6. The fraction of sp³-hybridized carbons (Fsp3) is 0.316. The van der Waals surface area contributed by atoms with E-state index in [9.17, 15) is 22.0 Å². The van der Waals surface area contributed by atoms with Gasteiger partial charge in [0.2, 0.25) is 10.0 Å². The third-order valence-corrected chi connectivity index (χ3v) is 7.12. The molecule has 1 fully saturated rings. The fourth-order valence-electron chi connectivity index (χ4n) is 3.08. The molecule has 9 heteroatoms. The largest absolute Gasteiger partial charge is 0.337 e. The number of aromatic nitrogens is 1. The van der Waals surface area contributed by atoms with Gasteiger partial charge in [0.05, 0.1) is 16.1 Å². The summed E-state index contributed by atoms with van der Waals surface area (Å²) in [6, 6.07) is 4.33. The van der Waals surface area contributed by atoms with Crippen LogP contribution in [0, 0.1) is 18.6 Å². The van der Waals surface area contributed by atoms with Gasteiger partial charge < -0.3 is 5.32 Å². The molecule has 0 atom stereocenters. The van der Waals surface area contributed by atoms with Gasteiger partial charge in [0, 0.05) is 18.7 Å². The minimum absolute atomic E-state index is 0.0547. The predicted molar refractivity (Wildman–Crippen MR) is 105 cm³/mol. The minimum atomic E-state index is -3.77. The molecule has 1 aromatic heterocycles. The summed E-state index contributed by atoms with van der Waals surface area (Å²) in [6.07, 6.45) is 2.89. The Labute approximate surface area is 161 Å². The SMILES string of the molecule is C=CCC1(S(=O)(=O)Nc2cc(C)c(=O)n(C)c2Nc2ccc(F)cc2F)CC1. The molecule has 1 heterocycles. The molecule has 0 bridgehead atoms. The van der Waals surface area contributed by atoms with Crippen molar-refractivity contribution in [2.24, 2.45) is 7.05 Å². The van der Waals surface area contributed by atoms with Crippen molar-refractivity contribution in [2.75, 3.05) is 10.0 Å². The second-order valence-corrected chi connectivity index (χ2v) is 9.06. The van der Waals surface area contributed by atoms with Crippen LogP contribution in [-0.4, -0.2) is 17.7 Å². The number of halogens is 2. The van der Waals surface area contributed by atoms with Gasteiger partial charge in [0.25, 0.3) is 5.56 Å². The summed E-state index contributed by atoms with van der Waals surface area (Å²) >= 11 is 0. The van der Waals surface area contributed by atoms with E-state index in [-0.39, 0.29) is 22.8 Å². The normalized spacial score (nSPS) is 15.1. The molecule has 0 amide bonds. The Morgan fingerprint density at radius 3 is 2.50 bits per heavy atom. The van der Waals surface area contributed by atoms with Gasteiger partial charge in [0.1, 0.15) is 17.5 Å². The highest BCUT2D eigenvalue weighted by atomic mass is 32.2. The van der Waals surface area contributed by atoms with Crippen molar-refractivity contribution in [3.8, 4) is 0 Å². The topological polar surface area (TPSA) is 80.2 Å². The van der Waals surface area contributed by atoms with E-state index in [2.05, 4.69) is 16.6 Å². The fourth-order valence-corrected chi connectivity index (χ4v) is 4.72. The van der Waals surface area contributed by atoms with Crippen molar-refractivity contribution in [3.05, 3.63) is 64.5 Å². The lowest BCUT2D eigenvalue weighted by Gasteiger charge is -2.21. The highest BCUT2D eigenvalue weighted by molar-refractivity contribution is 7.94. The number of nitrogens with zero attached hydrogens (tertiary/aromatic N) is 1. The van der Waals surface area contributed by atoms with Crippen LogP contribution in [0.4, 0.5) is 26.0 Å². The summed E-state index contributed by atoms with van der Waals surface area (Å²) in [4.78, 5) is 12.3. The Hall–Kier alpha value is -2.68. The average molecular weight is 409 g/mol. The van der Waals surface area contributed by atoms with E-state index >= 15 is 0 Å². The Bertz CT molecular complexity index is 1110. The summed E-state index contributed by atoms with van der Waals surface area (Å²) in [5.41, 5.74) is -0.0364. The highest BCUT2D eigenvalue weighted by Crippen LogP contribution is 2.47. The average Bonchev–Trinajstić information content (AvgIpc) is 3.40. The number of sulfonamides is 1. The van der Waals surface area contributed by atoms with E-state index in [1.54, 1.807) is 13.0 Å². The summed E-state index contributed by atoms with van der Waals surface area (Å²) < 4.78 is 55.9. The lowest BCUT2D eigenvalue weighted by molar-refractivity contribution is 0.582. The molecule has 1 aromatic carbocycles. The van der Waals surface area contributed by atoms with E-state index in [1.807, 2.05) is 0 Å². The molecule has 0 aliphatic heterocycles. The quantitative estimate of drug-likeness (QED) is 0.685. The number of aryl methyl sites for hydroxylation is 1. The number of hydrogen-bond acceptors (Lipinski definition) is 4. The number of nitrogens with one attached hydrogen (secondary N) is 2. The zero-order chi connectivity index (χ0) is 20.7. The van der Waals surface area contributed by atoms with Gasteiger partial charge in [-0.1, -0.05) is 6.08 Å². The second kappa shape index (κ2) is 7.05. The number of benzene rings is 1. The maximum absolute atomic E-state index is 14.1. The standard InChI is InChI=1S/C19H21F2N3O3S/c1-4-7-19(8-9-19)28(26,27)23-16-10-12(2)18(25)24(3)17(16)22-15-6-5-13(20)11-14(15)21/h4-6,10-11,22-23H,1,7-9H2,2-3H3. The van der Waals surface area contributed by atoms with Crippen molar-refractivity contribution in [1.29, 1.82) is 0 Å². The minimum Gasteiger partial charge on any atom is -0.337 e. The van der Waals surface area contributed by atoms with E-state index in [0.717, 1.165) is 6.07 Å². The Balaban J connectivity index is 2.06. The van der Waals surface area contributed by atoms with Crippen LogP contribution in [0.1, 0.15) is 24.8 Å². The monoisotopic (exact) mass is 409 g/mol. The van der Waals surface area contributed by atoms with Crippen LogP contribution in [0.5, 0.6) is 0 Å². The van der Waals surface area contributed by atoms with Crippen LogP contribution in [0.2, 0.25) is 0 Å². The molecular formula is C19H21F2N3O3S. The van der Waals surface area contributed by atoms with Gasteiger partial charge in [-0.2, -0.15) is 0 Å². The molecular weight excluding hydrogens is 388 g/mol. The lowest BCUT2D eigenvalue weighted by atomic mass is 10.2. The molecule has 28 heavy (non-hydrogen) atoms. The molecule has 3 rings (SSSR count).